The molecule has 194 valence electrons. The van der Waals surface area contributed by atoms with Gasteiger partial charge in [0.25, 0.3) is 11.8 Å². The maximum Gasteiger partial charge on any atom is 0.303 e. The monoisotopic (exact) mass is 488 g/mol. The van der Waals surface area contributed by atoms with Crippen molar-refractivity contribution in [3.8, 4) is 0 Å². The maximum absolute atomic E-state index is 12.9. The molecule has 0 radical (unpaired) electrons. The van der Waals surface area contributed by atoms with Crippen LogP contribution in [0.25, 0.3) is 0 Å². The Morgan fingerprint density at radius 1 is 0.559 bits per heavy atom. The minimum absolute atomic E-state index is 0.225. The van der Waals surface area contributed by atoms with Gasteiger partial charge >= 0.3 is 23.9 Å². The van der Waals surface area contributed by atoms with E-state index in [-0.39, 0.29) is 13.1 Å². The molecule has 0 bridgehead atoms. The Kier molecular flexibility index (Phi) is 14.9. The Balaban J connectivity index is 6.43. The van der Waals surface area contributed by atoms with Gasteiger partial charge in [-0.15, -0.1) is 0 Å². The van der Waals surface area contributed by atoms with E-state index in [0.29, 0.717) is 12.8 Å². The molecule has 0 saturated carbocycles. The highest BCUT2D eigenvalue weighted by Crippen LogP contribution is 2.20. The van der Waals surface area contributed by atoms with Gasteiger partial charge in [0.05, 0.1) is 0 Å². The van der Waals surface area contributed by atoms with E-state index >= 15 is 0 Å². The molecule has 0 rings (SSSR count). The minimum atomic E-state index is -1.80. The first-order valence-corrected chi connectivity index (χ1v) is 11.2. The Labute approximate surface area is 199 Å². The molecule has 34 heavy (non-hydrogen) atoms. The van der Waals surface area contributed by atoms with Crippen molar-refractivity contribution in [2.24, 2.45) is 0 Å². The third-order valence-corrected chi connectivity index (χ3v) is 4.29. The van der Waals surface area contributed by atoms with Crippen LogP contribution in [0.3, 0.4) is 0 Å². The number of nitrogens with one attached hydrogen (secondary N) is 2. The van der Waals surface area contributed by atoms with Crippen LogP contribution in [0.4, 0.5) is 0 Å². The summed E-state index contributed by atoms with van der Waals surface area (Å²) in [6.07, 6.45) is -4.46. The molecule has 0 heterocycles. The van der Waals surface area contributed by atoms with Crippen LogP contribution in [0, 0.1) is 0 Å². The van der Waals surface area contributed by atoms with E-state index in [0.717, 1.165) is 40.5 Å². The van der Waals surface area contributed by atoms with Crippen molar-refractivity contribution in [3.05, 3.63) is 0 Å². The number of rotatable bonds is 15. The maximum atomic E-state index is 12.9. The molecule has 4 atom stereocenters. The van der Waals surface area contributed by atoms with Gasteiger partial charge in [-0.1, -0.05) is 26.7 Å². The van der Waals surface area contributed by atoms with Crippen molar-refractivity contribution in [2.45, 2.75) is 91.6 Å². The van der Waals surface area contributed by atoms with Gasteiger partial charge in [-0.2, -0.15) is 0 Å². The second-order valence-corrected chi connectivity index (χ2v) is 7.50. The summed E-state index contributed by atoms with van der Waals surface area (Å²) < 4.78 is 20.7. The molecule has 0 aliphatic heterocycles. The zero-order valence-electron chi connectivity index (χ0n) is 20.6. The molecular formula is C22H36N2O10. The Morgan fingerprint density at radius 3 is 1.09 bits per heavy atom. The number of carbonyl (C=O) groups excluding carboxylic acids is 6. The molecule has 0 aliphatic rings. The molecule has 0 aromatic heterocycles. The number of amides is 2. The van der Waals surface area contributed by atoms with E-state index in [9.17, 15) is 28.8 Å². The molecule has 0 spiro atoms. The van der Waals surface area contributed by atoms with E-state index in [1.807, 2.05) is 13.8 Å². The van der Waals surface area contributed by atoms with E-state index in [1.165, 1.54) is 0 Å². The lowest BCUT2D eigenvalue weighted by Gasteiger charge is -2.34. The van der Waals surface area contributed by atoms with Crippen LogP contribution in [0.5, 0.6) is 0 Å². The fourth-order valence-electron chi connectivity index (χ4n) is 2.86. The summed E-state index contributed by atoms with van der Waals surface area (Å²) in [6.45, 7) is 8.33. The normalized spacial score (nSPS) is 13.9. The van der Waals surface area contributed by atoms with Crippen LogP contribution in [-0.2, 0) is 47.7 Å². The third-order valence-electron chi connectivity index (χ3n) is 4.29. The van der Waals surface area contributed by atoms with Gasteiger partial charge in [-0.3, -0.25) is 28.8 Å². The van der Waals surface area contributed by atoms with Crippen molar-refractivity contribution in [2.75, 3.05) is 13.1 Å². The van der Waals surface area contributed by atoms with E-state index in [1.54, 1.807) is 0 Å². The quantitative estimate of drug-likeness (QED) is 0.189. The molecule has 0 aliphatic carbocycles. The number of ether oxygens (including phenoxy) is 4. The van der Waals surface area contributed by atoms with Gasteiger partial charge in [0.1, 0.15) is 0 Å². The van der Waals surface area contributed by atoms with Crippen LogP contribution in [0.1, 0.15) is 67.2 Å². The van der Waals surface area contributed by atoms with Crippen LogP contribution in [-0.4, -0.2) is 73.2 Å². The number of unbranched alkanes of at least 4 members (excludes halogenated alkanes) is 2. The lowest BCUT2D eigenvalue weighted by Crippen LogP contribution is -2.59. The summed E-state index contributed by atoms with van der Waals surface area (Å²) in [6, 6.07) is 0. The fraction of sp³-hybridized carbons (Fsp3) is 0.727. The van der Waals surface area contributed by atoms with E-state index < -0.39 is 60.1 Å². The van der Waals surface area contributed by atoms with E-state index in [2.05, 4.69) is 10.6 Å². The van der Waals surface area contributed by atoms with Crippen molar-refractivity contribution < 1.29 is 47.7 Å². The highest BCUT2D eigenvalue weighted by atomic mass is 16.6. The lowest BCUT2D eigenvalue weighted by atomic mass is 10.00. The number of esters is 4. The van der Waals surface area contributed by atoms with Crippen LogP contribution in [0.2, 0.25) is 0 Å². The molecule has 0 aromatic carbocycles. The van der Waals surface area contributed by atoms with Crippen LogP contribution in [0.15, 0.2) is 0 Å². The van der Waals surface area contributed by atoms with Gasteiger partial charge in [0.2, 0.25) is 12.2 Å². The predicted molar refractivity (Wildman–Crippen MR) is 118 cm³/mol. The van der Waals surface area contributed by atoms with Gasteiger partial charge in [-0.05, 0) is 12.8 Å². The van der Waals surface area contributed by atoms with Crippen molar-refractivity contribution in [1.29, 1.82) is 0 Å². The van der Waals surface area contributed by atoms with Gasteiger partial charge in [0, 0.05) is 40.8 Å². The number of hydrogen-bond donors (Lipinski definition) is 2. The molecule has 2 N–H and O–H groups in total. The SMILES string of the molecule is CCCCNC(=O)C(OC(C)=O)C(OC(C)=O)C(OC(C)=O)C(OC(C)=O)C(=O)NCCCC. The van der Waals surface area contributed by atoms with Gasteiger partial charge in [0.15, 0.2) is 12.2 Å². The first-order chi connectivity index (χ1) is 15.9. The van der Waals surface area contributed by atoms with Crippen LogP contribution >= 0.6 is 0 Å². The molecular weight excluding hydrogens is 452 g/mol. The molecule has 0 fully saturated rings. The molecule has 12 heteroatoms. The summed E-state index contributed by atoms with van der Waals surface area (Å²) in [5.41, 5.74) is 0. The zero-order valence-corrected chi connectivity index (χ0v) is 20.6. The highest BCUT2D eigenvalue weighted by Gasteiger charge is 2.48. The molecule has 12 nitrogen and oxygen atoms in total. The third kappa shape index (κ3) is 12.2. The summed E-state index contributed by atoms with van der Waals surface area (Å²) in [7, 11) is 0. The zero-order chi connectivity index (χ0) is 26.3. The Hall–Kier alpha value is -3.18. The molecule has 0 aromatic rings. The minimum Gasteiger partial charge on any atom is -0.454 e. The lowest BCUT2D eigenvalue weighted by molar-refractivity contribution is -0.200. The smallest absolute Gasteiger partial charge is 0.303 e. The van der Waals surface area contributed by atoms with Gasteiger partial charge < -0.3 is 29.6 Å². The average molecular weight is 489 g/mol. The second-order valence-electron chi connectivity index (χ2n) is 7.50. The van der Waals surface area contributed by atoms with Crippen molar-refractivity contribution in [1.82, 2.24) is 10.6 Å². The first kappa shape index (κ1) is 30.8. The average Bonchev–Trinajstić information content (AvgIpc) is 2.72. The topological polar surface area (TPSA) is 163 Å². The highest BCUT2D eigenvalue weighted by molar-refractivity contribution is 5.87. The Bertz CT molecular complexity index is 664. The number of carbonyl (C=O) groups is 6. The summed E-state index contributed by atoms with van der Waals surface area (Å²) in [5, 5.41) is 5.09. The molecule has 4 unspecified atom stereocenters. The van der Waals surface area contributed by atoms with Crippen LogP contribution < -0.4 is 10.6 Å². The van der Waals surface area contributed by atoms with Crippen molar-refractivity contribution >= 4 is 35.7 Å². The summed E-state index contributed by atoms with van der Waals surface area (Å²) >= 11 is 0. The van der Waals surface area contributed by atoms with Crippen molar-refractivity contribution in [3.63, 3.8) is 0 Å². The second kappa shape index (κ2) is 16.4. The predicted octanol–water partition coefficient (Wildman–Crippen LogP) is 0.546. The molecule has 0 saturated heterocycles. The fourth-order valence-corrected chi connectivity index (χ4v) is 2.86. The van der Waals surface area contributed by atoms with Gasteiger partial charge in [-0.25, -0.2) is 0 Å². The largest absolute Gasteiger partial charge is 0.454 e. The molecule has 2 amide bonds. The van der Waals surface area contributed by atoms with E-state index in [4.69, 9.17) is 18.9 Å². The Morgan fingerprint density at radius 2 is 0.853 bits per heavy atom. The first-order valence-electron chi connectivity index (χ1n) is 11.2. The summed E-state index contributed by atoms with van der Waals surface area (Å²) in [4.78, 5) is 73.1. The standard InChI is InChI=1S/C22H36N2O10/c1-7-9-11-23-21(29)19(33-15(5)27)17(31-13(3)25)18(32-14(4)26)20(34-16(6)28)22(30)24-12-10-8-2/h17-20H,7-12H2,1-6H3,(H,23,29)(H,24,30). The summed E-state index contributed by atoms with van der Waals surface area (Å²) in [5.74, 6) is -5.33. The number of hydrogen-bond acceptors (Lipinski definition) is 10.